The average Bonchev–Trinajstić information content (AvgIpc) is 3.08. The summed E-state index contributed by atoms with van der Waals surface area (Å²) in [7, 11) is 1.82. The zero-order chi connectivity index (χ0) is 18.4. The number of rotatable bonds is 8. The van der Waals surface area contributed by atoms with E-state index in [4.69, 9.17) is 0 Å². The predicted molar refractivity (Wildman–Crippen MR) is 89.2 cm³/mol. The predicted octanol–water partition coefficient (Wildman–Crippen LogP) is 2.28. The minimum atomic E-state index is -3.26. The van der Waals surface area contributed by atoms with E-state index in [1.807, 2.05) is 7.05 Å². The molecule has 2 rings (SSSR count). The second kappa shape index (κ2) is 8.93. The highest BCUT2D eigenvalue weighted by molar-refractivity contribution is 7.15. The molecule has 0 radical (unpaired) electrons. The minimum absolute atomic E-state index is 0.320. The number of nitrogens with zero attached hydrogens (tertiary/aromatic N) is 1. The number of halogens is 3. The van der Waals surface area contributed by atoms with Gasteiger partial charge in [-0.15, -0.1) is 11.3 Å². The van der Waals surface area contributed by atoms with Crippen LogP contribution in [0.15, 0.2) is 30.5 Å². The summed E-state index contributed by atoms with van der Waals surface area (Å²) in [5.41, 5.74) is 1.19. The molecule has 9 heteroatoms. The van der Waals surface area contributed by atoms with Crippen molar-refractivity contribution in [1.29, 1.82) is 0 Å². The molecule has 2 unspecified atom stereocenters. The molecule has 1 amide bonds. The molecule has 0 aliphatic carbocycles. The number of nitrogens with one attached hydrogen (secondary N) is 2. The van der Waals surface area contributed by atoms with Gasteiger partial charge in [0.25, 0.3) is 5.91 Å². The number of carbonyl (C=O) groups is 1. The van der Waals surface area contributed by atoms with Gasteiger partial charge in [-0.3, -0.25) is 4.79 Å². The fourth-order valence-electron chi connectivity index (χ4n) is 2.20. The Kier molecular flexibility index (Phi) is 6.91. The van der Waals surface area contributed by atoms with E-state index >= 15 is 0 Å². The van der Waals surface area contributed by atoms with E-state index in [-0.39, 0.29) is 0 Å². The molecule has 0 fully saturated rings. The molecule has 5 nitrogen and oxygen atoms in total. The van der Waals surface area contributed by atoms with Crippen LogP contribution in [0.4, 0.5) is 13.2 Å². The van der Waals surface area contributed by atoms with E-state index in [1.54, 1.807) is 35.8 Å². The number of aliphatic hydroxyl groups is 1. The lowest BCUT2D eigenvalue weighted by Gasteiger charge is -2.21. The van der Waals surface area contributed by atoms with Crippen molar-refractivity contribution < 1.29 is 23.1 Å². The van der Waals surface area contributed by atoms with E-state index in [9.17, 15) is 23.1 Å². The third-order valence-corrected chi connectivity index (χ3v) is 4.54. The van der Waals surface area contributed by atoms with Crippen LogP contribution in [0.2, 0.25) is 0 Å². The highest BCUT2D eigenvalue weighted by Crippen LogP contribution is 2.28. The van der Waals surface area contributed by atoms with Gasteiger partial charge in [-0.05, 0) is 18.2 Å². The van der Waals surface area contributed by atoms with Gasteiger partial charge in [0, 0.05) is 12.7 Å². The highest BCUT2D eigenvalue weighted by atomic mass is 32.1. The molecule has 0 saturated carbocycles. The van der Waals surface area contributed by atoms with Crippen molar-refractivity contribution in [2.24, 2.45) is 0 Å². The van der Waals surface area contributed by atoms with Gasteiger partial charge in [0.15, 0.2) is 0 Å². The van der Waals surface area contributed by atoms with Crippen molar-refractivity contribution in [3.8, 4) is 10.4 Å². The summed E-state index contributed by atoms with van der Waals surface area (Å²) in [6.07, 6.45) is -2.96. The summed E-state index contributed by atoms with van der Waals surface area (Å²) in [6, 6.07) is 5.14. The zero-order valence-electron chi connectivity index (χ0n) is 13.4. The number of amides is 1. The lowest BCUT2D eigenvalue weighted by atomic mass is 10.0. The maximum Gasteiger partial charge on any atom is 0.315 e. The number of benzene rings is 1. The molecule has 25 heavy (non-hydrogen) atoms. The first-order valence-electron chi connectivity index (χ1n) is 7.48. The van der Waals surface area contributed by atoms with Crippen molar-refractivity contribution in [2.75, 3.05) is 13.7 Å². The topological polar surface area (TPSA) is 74.2 Å². The van der Waals surface area contributed by atoms with Crippen LogP contribution in [-0.2, 0) is 11.3 Å². The first-order valence-corrected chi connectivity index (χ1v) is 8.30. The Bertz CT molecular complexity index is 694. The fraction of sp³-hybridized carbons (Fsp3) is 0.375. The Balaban J connectivity index is 2.10. The first-order chi connectivity index (χ1) is 12.0. The molecule has 1 aromatic carbocycles. The Morgan fingerprint density at radius 1 is 1.32 bits per heavy atom. The van der Waals surface area contributed by atoms with Gasteiger partial charge in [-0.25, -0.2) is 9.37 Å². The van der Waals surface area contributed by atoms with Crippen LogP contribution in [0.1, 0.15) is 16.7 Å². The van der Waals surface area contributed by atoms with Crippen LogP contribution >= 0.6 is 11.3 Å². The largest absolute Gasteiger partial charge is 0.386 e. The molecular weight excluding hydrogens is 355 g/mol. The minimum Gasteiger partial charge on any atom is -0.386 e. The van der Waals surface area contributed by atoms with Gasteiger partial charge in [0.05, 0.1) is 10.9 Å². The maximum absolute atomic E-state index is 13.0. The second-order valence-corrected chi connectivity index (χ2v) is 6.40. The molecule has 2 aromatic rings. The summed E-state index contributed by atoms with van der Waals surface area (Å²) < 4.78 is 37.5. The van der Waals surface area contributed by atoms with Gasteiger partial charge in [0.1, 0.15) is 17.8 Å². The number of aliphatic hydroxyl groups excluding tert-OH is 1. The second-order valence-electron chi connectivity index (χ2n) is 5.29. The molecule has 3 N–H and O–H groups in total. The third kappa shape index (κ3) is 5.00. The molecule has 0 aliphatic heterocycles. The van der Waals surface area contributed by atoms with Crippen molar-refractivity contribution in [3.63, 3.8) is 0 Å². The summed E-state index contributed by atoms with van der Waals surface area (Å²) in [6.45, 7) is -0.507. The van der Waals surface area contributed by atoms with E-state index in [1.165, 1.54) is 11.3 Å². The summed E-state index contributed by atoms with van der Waals surface area (Å²) in [4.78, 5) is 16.2. The SMILES string of the molecule is CNCc1ncc(-c2ccc(C(O)C(CF)NC(=O)C(F)F)cc2)s1. The van der Waals surface area contributed by atoms with Gasteiger partial charge < -0.3 is 15.7 Å². The van der Waals surface area contributed by atoms with Gasteiger partial charge in [-0.2, -0.15) is 8.78 Å². The fourth-order valence-corrected chi connectivity index (χ4v) is 3.14. The van der Waals surface area contributed by atoms with Crippen molar-refractivity contribution >= 4 is 17.2 Å². The van der Waals surface area contributed by atoms with E-state index in [0.29, 0.717) is 12.1 Å². The molecule has 2 atom stereocenters. The molecule has 0 spiro atoms. The molecule has 1 aromatic heterocycles. The normalized spacial score (nSPS) is 13.7. The van der Waals surface area contributed by atoms with Crippen LogP contribution in [0.25, 0.3) is 10.4 Å². The van der Waals surface area contributed by atoms with Crippen LogP contribution in [0.3, 0.4) is 0 Å². The summed E-state index contributed by atoms with van der Waals surface area (Å²) >= 11 is 1.51. The molecule has 0 aliphatic rings. The lowest BCUT2D eigenvalue weighted by molar-refractivity contribution is -0.133. The van der Waals surface area contributed by atoms with E-state index < -0.39 is 31.2 Å². The highest BCUT2D eigenvalue weighted by Gasteiger charge is 2.26. The zero-order valence-corrected chi connectivity index (χ0v) is 14.2. The van der Waals surface area contributed by atoms with Crippen LogP contribution in [0, 0.1) is 0 Å². The number of aromatic nitrogens is 1. The molecular formula is C16H18F3N3O2S. The number of alkyl halides is 3. The Hall–Kier alpha value is -1.97. The van der Waals surface area contributed by atoms with Crippen molar-refractivity contribution in [3.05, 3.63) is 41.0 Å². The first kappa shape index (κ1) is 19.4. The standard InChI is InChI=1S/C16H18F3N3O2S/c1-20-8-13-21-7-12(25-13)9-2-4-10(5-3-9)14(23)11(6-17)22-16(24)15(18)19/h2-5,7,11,14-15,20,23H,6,8H2,1H3,(H,22,24). The van der Waals surface area contributed by atoms with Crippen LogP contribution in [0.5, 0.6) is 0 Å². The summed E-state index contributed by atoms with van der Waals surface area (Å²) in [5.74, 6) is -1.61. The Morgan fingerprint density at radius 3 is 2.56 bits per heavy atom. The Morgan fingerprint density at radius 2 is 2.00 bits per heavy atom. The molecule has 1 heterocycles. The number of thiazole rings is 1. The molecule has 0 bridgehead atoms. The number of carbonyl (C=O) groups excluding carboxylic acids is 1. The van der Waals surface area contributed by atoms with Gasteiger partial charge >= 0.3 is 6.43 Å². The van der Waals surface area contributed by atoms with Gasteiger partial charge in [-0.1, -0.05) is 24.3 Å². The molecule has 0 saturated heterocycles. The Labute approximate surface area is 146 Å². The monoisotopic (exact) mass is 373 g/mol. The summed E-state index contributed by atoms with van der Waals surface area (Å²) in [5, 5.41) is 15.9. The molecule has 136 valence electrons. The lowest BCUT2D eigenvalue weighted by Crippen LogP contribution is -2.43. The van der Waals surface area contributed by atoms with Crippen molar-refractivity contribution in [2.45, 2.75) is 25.1 Å². The smallest absolute Gasteiger partial charge is 0.315 e. The van der Waals surface area contributed by atoms with Crippen LogP contribution < -0.4 is 10.6 Å². The maximum atomic E-state index is 13.0. The quantitative estimate of drug-likeness (QED) is 0.664. The van der Waals surface area contributed by atoms with Crippen molar-refractivity contribution in [1.82, 2.24) is 15.6 Å². The number of hydrogen-bond acceptors (Lipinski definition) is 5. The third-order valence-electron chi connectivity index (χ3n) is 3.49. The van der Waals surface area contributed by atoms with E-state index in [0.717, 1.165) is 15.4 Å². The van der Waals surface area contributed by atoms with Gasteiger partial charge in [0.2, 0.25) is 0 Å². The number of hydrogen-bond donors (Lipinski definition) is 3. The van der Waals surface area contributed by atoms with E-state index in [2.05, 4.69) is 10.3 Å². The van der Waals surface area contributed by atoms with Crippen LogP contribution in [-0.4, -0.2) is 42.2 Å². The average molecular weight is 373 g/mol.